The van der Waals surface area contributed by atoms with Gasteiger partial charge in [0.25, 0.3) is 0 Å². The first-order chi connectivity index (χ1) is 14.1. The van der Waals surface area contributed by atoms with E-state index >= 15 is 0 Å². The fourth-order valence-corrected chi connectivity index (χ4v) is 4.25. The number of hydrogen-bond donors (Lipinski definition) is 1. The van der Waals surface area contributed by atoms with Crippen molar-refractivity contribution in [3.05, 3.63) is 64.4 Å². The Hall–Kier alpha value is -3.40. The van der Waals surface area contributed by atoms with Crippen molar-refractivity contribution in [2.24, 2.45) is 7.05 Å². The molecule has 1 aromatic carbocycles. The largest absolute Gasteiger partial charge is 0.478 e. The van der Waals surface area contributed by atoms with E-state index < -0.39 is 23.6 Å². The molecular weight excluding hydrogens is 421 g/mol. The van der Waals surface area contributed by atoms with Gasteiger partial charge in [0.15, 0.2) is 11.5 Å². The van der Waals surface area contributed by atoms with Crippen LogP contribution in [0.15, 0.2) is 46.2 Å². The van der Waals surface area contributed by atoms with Gasteiger partial charge in [0.1, 0.15) is 5.58 Å². The number of aromatic nitrogens is 2. The zero-order valence-electron chi connectivity index (χ0n) is 15.4. The maximum absolute atomic E-state index is 13.0. The molecule has 3 aromatic heterocycles. The molecule has 3 heterocycles. The van der Waals surface area contributed by atoms with Gasteiger partial charge < -0.3 is 9.52 Å². The molecule has 10 heteroatoms. The summed E-state index contributed by atoms with van der Waals surface area (Å²) in [7, 11) is 1.30. The van der Waals surface area contributed by atoms with Gasteiger partial charge >= 0.3 is 12.1 Å². The number of rotatable bonds is 5. The standard InChI is InChI=1S/C20H13F3N2O4S/c1-25-12(8-16(24-25)20(21,22)23)18-17(19(27)28)11(9-30-18)6-13(26)15-7-10-4-2-3-5-14(10)29-15/h2-5,7-9H,6H2,1H3,(H,27,28). The van der Waals surface area contributed by atoms with E-state index in [1.165, 1.54) is 12.4 Å². The number of carboxylic acid groups (broad SMARTS) is 1. The average molecular weight is 434 g/mol. The summed E-state index contributed by atoms with van der Waals surface area (Å²) >= 11 is 0.946. The van der Waals surface area contributed by atoms with E-state index in [0.717, 1.165) is 27.5 Å². The summed E-state index contributed by atoms with van der Waals surface area (Å²) in [5.41, 5.74) is -0.611. The number of fused-ring (bicyclic) bond motifs is 1. The van der Waals surface area contributed by atoms with E-state index in [4.69, 9.17) is 4.42 Å². The molecule has 154 valence electrons. The molecule has 4 aromatic rings. The van der Waals surface area contributed by atoms with Crippen LogP contribution in [-0.4, -0.2) is 26.6 Å². The van der Waals surface area contributed by atoms with Gasteiger partial charge in [0.2, 0.25) is 5.78 Å². The number of carbonyl (C=O) groups excluding carboxylic acids is 1. The van der Waals surface area contributed by atoms with Crippen LogP contribution in [0, 0.1) is 0 Å². The van der Waals surface area contributed by atoms with Crippen LogP contribution in [0.5, 0.6) is 0 Å². The van der Waals surface area contributed by atoms with E-state index in [9.17, 15) is 27.9 Å². The van der Waals surface area contributed by atoms with Gasteiger partial charge in [-0.2, -0.15) is 18.3 Å². The summed E-state index contributed by atoms with van der Waals surface area (Å²) < 4.78 is 45.4. The minimum Gasteiger partial charge on any atom is -0.478 e. The highest BCUT2D eigenvalue weighted by Crippen LogP contribution is 2.37. The van der Waals surface area contributed by atoms with Gasteiger partial charge in [0.05, 0.1) is 16.1 Å². The summed E-state index contributed by atoms with van der Waals surface area (Å²) in [6, 6.07) is 9.41. The molecule has 0 saturated heterocycles. The van der Waals surface area contributed by atoms with Gasteiger partial charge in [-0.3, -0.25) is 9.48 Å². The van der Waals surface area contributed by atoms with Crippen LogP contribution in [-0.2, 0) is 19.6 Å². The first-order valence-electron chi connectivity index (χ1n) is 8.62. The fourth-order valence-electron chi connectivity index (χ4n) is 3.14. The SMILES string of the molecule is Cn1nc(C(F)(F)F)cc1-c1scc(CC(=O)c2cc3ccccc3o2)c1C(=O)O. The highest BCUT2D eigenvalue weighted by Gasteiger charge is 2.35. The third-order valence-corrected chi connectivity index (χ3v) is 5.59. The van der Waals surface area contributed by atoms with E-state index in [-0.39, 0.29) is 33.9 Å². The first-order valence-corrected chi connectivity index (χ1v) is 9.50. The Morgan fingerprint density at radius 2 is 1.97 bits per heavy atom. The lowest BCUT2D eigenvalue weighted by atomic mass is 10.0. The Balaban J connectivity index is 1.70. The van der Waals surface area contributed by atoms with Crippen molar-refractivity contribution in [1.82, 2.24) is 9.78 Å². The number of halogens is 3. The molecule has 0 unspecified atom stereocenters. The molecule has 0 aliphatic carbocycles. The lowest BCUT2D eigenvalue weighted by Crippen LogP contribution is -2.08. The molecule has 0 aliphatic heterocycles. The third-order valence-electron chi connectivity index (χ3n) is 4.54. The van der Waals surface area contributed by atoms with Crippen molar-refractivity contribution in [1.29, 1.82) is 0 Å². The molecule has 6 nitrogen and oxygen atoms in total. The average Bonchev–Trinajstić information content (AvgIpc) is 3.36. The quantitative estimate of drug-likeness (QED) is 0.445. The molecule has 0 radical (unpaired) electrons. The summed E-state index contributed by atoms with van der Waals surface area (Å²) in [4.78, 5) is 24.6. The summed E-state index contributed by atoms with van der Waals surface area (Å²) in [6.45, 7) is 0. The molecular formula is C20H13F3N2O4S. The summed E-state index contributed by atoms with van der Waals surface area (Å²) in [5.74, 6) is -1.69. The number of para-hydroxylation sites is 1. The monoisotopic (exact) mass is 434 g/mol. The summed E-state index contributed by atoms with van der Waals surface area (Å²) in [5, 5.41) is 15.3. The van der Waals surface area contributed by atoms with Crippen molar-refractivity contribution < 1.29 is 32.3 Å². The Morgan fingerprint density at radius 3 is 2.60 bits per heavy atom. The Kier molecular flexibility index (Phi) is 4.73. The van der Waals surface area contributed by atoms with Crippen LogP contribution in [0.1, 0.15) is 32.2 Å². The lowest BCUT2D eigenvalue weighted by molar-refractivity contribution is -0.141. The predicted octanol–water partition coefficient (Wildman–Crippen LogP) is 5.04. The summed E-state index contributed by atoms with van der Waals surface area (Å²) in [6.07, 6.45) is -4.92. The second-order valence-electron chi connectivity index (χ2n) is 6.55. The van der Waals surface area contributed by atoms with Crippen LogP contribution in [0.3, 0.4) is 0 Å². The van der Waals surface area contributed by atoms with Gasteiger partial charge in [0, 0.05) is 18.9 Å². The second kappa shape index (κ2) is 7.13. The zero-order chi connectivity index (χ0) is 21.6. The van der Waals surface area contributed by atoms with Crippen LogP contribution >= 0.6 is 11.3 Å². The number of nitrogens with zero attached hydrogens (tertiary/aromatic N) is 2. The van der Waals surface area contributed by atoms with E-state index in [1.807, 2.05) is 0 Å². The molecule has 0 fully saturated rings. The van der Waals surface area contributed by atoms with Crippen LogP contribution in [0.4, 0.5) is 13.2 Å². The number of hydrogen-bond acceptors (Lipinski definition) is 5. The third kappa shape index (κ3) is 3.50. The number of ketones is 1. The first kappa shape index (κ1) is 19.9. The number of furan rings is 1. The maximum Gasteiger partial charge on any atom is 0.435 e. The molecule has 0 spiro atoms. The number of aryl methyl sites for hydroxylation is 1. The number of alkyl halides is 3. The molecule has 0 atom stereocenters. The molecule has 4 rings (SSSR count). The highest BCUT2D eigenvalue weighted by molar-refractivity contribution is 7.14. The van der Waals surface area contributed by atoms with Crippen molar-refractivity contribution in [2.45, 2.75) is 12.6 Å². The number of aromatic carboxylic acids is 1. The number of thiophene rings is 1. The van der Waals surface area contributed by atoms with Crippen molar-refractivity contribution >= 4 is 34.1 Å². The number of carboxylic acids is 1. The molecule has 1 N–H and O–H groups in total. The number of benzene rings is 1. The Bertz CT molecular complexity index is 1250. The van der Waals surface area contributed by atoms with Crippen LogP contribution < -0.4 is 0 Å². The maximum atomic E-state index is 13.0. The number of carbonyl (C=O) groups is 2. The minimum absolute atomic E-state index is 0.00663. The van der Waals surface area contributed by atoms with Gasteiger partial charge in [-0.15, -0.1) is 11.3 Å². The van der Waals surface area contributed by atoms with E-state index in [2.05, 4.69) is 5.10 Å². The van der Waals surface area contributed by atoms with Crippen molar-refractivity contribution in [3.8, 4) is 10.6 Å². The molecule has 0 saturated carbocycles. The predicted molar refractivity (Wildman–Crippen MR) is 103 cm³/mol. The van der Waals surface area contributed by atoms with Crippen LogP contribution in [0.25, 0.3) is 21.5 Å². The van der Waals surface area contributed by atoms with Crippen molar-refractivity contribution in [3.63, 3.8) is 0 Å². The topological polar surface area (TPSA) is 85.3 Å². The molecule has 0 amide bonds. The second-order valence-corrected chi connectivity index (χ2v) is 7.43. The Morgan fingerprint density at radius 1 is 1.23 bits per heavy atom. The minimum atomic E-state index is -4.66. The van der Waals surface area contributed by atoms with Gasteiger partial charge in [-0.1, -0.05) is 18.2 Å². The Labute approximate surface area is 171 Å². The zero-order valence-corrected chi connectivity index (χ0v) is 16.2. The van der Waals surface area contributed by atoms with Crippen molar-refractivity contribution in [2.75, 3.05) is 0 Å². The lowest BCUT2D eigenvalue weighted by Gasteiger charge is -2.03. The molecule has 0 bridgehead atoms. The highest BCUT2D eigenvalue weighted by atomic mass is 32.1. The van der Waals surface area contributed by atoms with Gasteiger partial charge in [-0.25, -0.2) is 4.79 Å². The van der Waals surface area contributed by atoms with E-state index in [1.54, 1.807) is 30.3 Å². The molecule has 0 aliphatic rings. The normalized spacial score (nSPS) is 11.9. The van der Waals surface area contributed by atoms with Crippen LogP contribution in [0.2, 0.25) is 0 Å². The fraction of sp³-hybridized carbons (Fsp3) is 0.150. The molecule has 30 heavy (non-hydrogen) atoms. The number of Topliss-reactive ketones (excluding diaryl/α,β-unsaturated/α-hetero) is 1. The van der Waals surface area contributed by atoms with Gasteiger partial charge in [-0.05, 0) is 29.1 Å². The smallest absolute Gasteiger partial charge is 0.435 e. The van der Waals surface area contributed by atoms with E-state index in [0.29, 0.717) is 5.58 Å².